The van der Waals surface area contributed by atoms with Crippen molar-refractivity contribution in [1.29, 1.82) is 5.26 Å². The molecule has 0 aliphatic rings. The predicted molar refractivity (Wildman–Crippen MR) is 53.5 cm³/mol. The van der Waals surface area contributed by atoms with E-state index in [0.29, 0.717) is 11.3 Å². The fourth-order valence-electron chi connectivity index (χ4n) is 1.02. The van der Waals surface area contributed by atoms with Crippen LogP contribution in [0, 0.1) is 11.3 Å². The Kier molecular flexibility index (Phi) is 3.69. The van der Waals surface area contributed by atoms with E-state index in [2.05, 4.69) is 4.74 Å². The second-order valence-electron chi connectivity index (χ2n) is 2.91. The third-order valence-corrected chi connectivity index (χ3v) is 1.77. The number of esters is 1. The van der Waals surface area contributed by atoms with Gasteiger partial charge in [-0.05, 0) is 31.2 Å². The molecule has 0 saturated heterocycles. The fourth-order valence-corrected chi connectivity index (χ4v) is 1.02. The van der Waals surface area contributed by atoms with Crippen molar-refractivity contribution in [3.63, 3.8) is 0 Å². The summed E-state index contributed by atoms with van der Waals surface area (Å²) in [6.07, 6.45) is -0.506. The molecule has 15 heavy (non-hydrogen) atoms. The summed E-state index contributed by atoms with van der Waals surface area (Å²) in [7, 11) is 1.32. The van der Waals surface area contributed by atoms with Crippen LogP contribution in [0.4, 0.5) is 0 Å². The summed E-state index contributed by atoms with van der Waals surface area (Å²) in [6.45, 7) is 1.65. The van der Waals surface area contributed by atoms with Crippen LogP contribution in [-0.4, -0.2) is 19.2 Å². The van der Waals surface area contributed by atoms with Gasteiger partial charge in [-0.1, -0.05) is 0 Å². The first-order chi connectivity index (χ1) is 7.17. The number of hydrogen-bond donors (Lipinski definition) is 0. The van der Waals surface area contributed by atoms with E-state index in [9.17, 15) is 4.79 Å². The van der Waals surface area contributed by atoms with Crippen molar-refractivity contribution in [2.75, 3.05) is 7.11 Å². The van der Waals surface area contributed by atoms with Gasteiger partial charge in [0, 0.05) is 0 Å². The minimum absolute atomic E-state index is 0.394. The Hall–Kier alpha value is -2.02. The van der Waals surface area contributed by atoms with Crippen molar-refractivity contribution >= 4 is 5.97 Å². The molecule has 0 N–H and O–H groups in total. The van der Waals surface area contributed by atoms with Crippen molar-refractivity contribution in [2.24, 2.45) is 0 Å². The molecule has 0 fully saturated rings. The van der Waals surface area contributed by atoms with Crippen molar-refractivity contribution in [2.45, 2.75) is 13.0 Å². The van der Waals surface area contributed by atoms with Crippen molar-refractivity contribution < 1.29 is 14.3 Å². The molecule has 1 atom stereocenters. The largest absolute Gasteiger partial charge is 0.476 e. The van der Waals surface area contributed by atoms with Crippen molar-refractivity contribution in [1.82, 2.24) is 0 Å². The summed E-state index contributed by atoms with van der Waals surface area (Å²) >= 11 is 0. The summed E-state index contributed by atoms with van der Waals surface area (Å²) in [5.41, 5.74) is 0.453. The monoisotopic (exact) mass is 205 g/mol. The van der Waals surface area contributed by atoms with E-state index in [0.717, 1.165) is 0 Å². The van der Waals surface area contributed by atoms with Crippen LogP contribution < -0.4 is 4.74 Å². The average molecular weight is 205 g/mol. The number of nitriles is 1. The van der Waals surface area contributed by atoms with E-state index in [-0.39, 0.29) is 0 Å². The van der Waals surface area contributed by atoms with Gasteiger partial charge in [-0.25, -0.2) is 4.79 Å². The number of methoxy groups -OCH3 is 1. The van der Waals surface area contributed by atoms with Crippen molar-refractivity contribution in [3.05, 3.63) is 29.8 Å². The molecule has 1 aromatic carbocycles. The second-order valence-corrected chi connectivity index (χ2v) is 2.91. The zero-order valence-electron chi connectivity index (χ0n) is 8.56. The molecule has 0 aliphatic heterocycles. The molecule has 0 saturated carbocycles. The minimum atomic E-state index is -0.506. The highest BCUT2D eigenvalue weighted by atomic mass is 16.5. The number of ether oxygens (including phenoxy) is 2. The molecule has 1 rings (SSSR count). The van der Waals surface area contributed by atoms with E-state index in [1.165, 1.54) is 7.11 Å². The summed E-state index contributed by atoms with van der Waals surface area (Å²) in [6, 6.07) is 8.38. The van der Waals surface area contributed by atoms with Gasteiger partial charge in [0.2, 0.25) is 0 Å². The number of nitrogens with zero attached hydrogens (tertiary/aromatic N) is 1. The molecule has 0 aliphatic carbocycles. The number of rotatable bonds is 3. The molecular formula is C11H11NO3. The van der Waals surface area contributed by atoms with E-state index in [1.54, 1.807) is 31.2 Å². The lowest BCUT2D eigenvalue weighted by Gasteiger charge is -2.07. The van der Waals surface area contributed by atoms with Crippen LogP contribution >= 0.6 is 0 Å². The van der Waals surface area contributed by atoms with Gasteiger partial charge in [-0.15, -0.1) is 0 Å². The fraction of sp³-hybridized carbons (Fsp3) is 0.273. The van der Waals surface area contributed by atoms with E-state index in [1.807, 2.05) is 6.07 Å². The lowest BCUT2D eigenvalue weighted by atomic mass is 10.2. The lowest BCUT2D eigenvalue weighted by molar-refractivity contribution is 0.0600. The molecular weight excluding hydrogens is 194 g/mol. The normalized spacial score (nSPS) is 11.3. The predicted octanol–water partition coefficient (Wildman–Crippen LogP) is 1.76. The number of hydrogen-bond acceptors (Lipinski definition) is 4. The molecule has 1 aromatic rings. The topological polar surface area (TPSA) is 59.3 Å². The maximum Gasteiger partial charge on any atom is 0.337 e. The molecule has 0 amide bonds. The van der Waals surface area contributed by atoms with Gasteiger partial charge in [0.05, 0.1) is 12.7 Å². The second kappa shape index (κ2) is 5.01. The van der Waals surface area contributed by atoms with Gasteiger partial charge >= 0.3 is 5.97 Å². The summed E-state index contributed by atoms with van der Waals surface area (Å²) in [5, 5.41) is 8.53. The Morgan fingerprint density at radius 1 is 1.40 bits per heavy atom. The molecule has 0 aromatic heterocycles. The smallest absolute Gasteiger partial charge is 0.337 e. The Morgan fingerprint density at radius 3 is 2.47 bits per heavy atom. The zero-order chi connectivity index (χ0) is 11.3. The Balaban J connectivity index is 2.73. The van der Waals surface area contributed by atoms with Crippen LogP contribution in [0.25, 0.3) is 0 Å². The highest BCUT2D eigenvalue weighted by molar-refractivity contribution is 5.89. The summed E-state index contributed by atoms with van der Waals surface area (Å²) in [5.74, 6) is 0.159. The first kappa shape index (κ1) is 11.1. The summed E-state index contributed by atoms with van der Waals surface area (Å²) < 4.78 is 9.76. The van der Waals surface area contributed by atoms with E-state index < -0.39 is 12.1 Å². The van der Waals surface area contributed by atoms with Gasteiger partial charge in [0.25, 0.3) is 0 Å². The lowest BCUT2D eigenvalue weighted by Crippen LogP contribution is -2.08. The first-order valence-corrected chi connectivity index (χ1v) is 4.42. The summed E-state index contributed by atoms with van der Waals surface area (Å²) in [4.78, 5) is 11.1. The van der Waals surface area contributed by atoms with Gasteiger partial charge in [-0.2, -0.15) is 5.26 Å². The molecule has 4 heteroatoms. The third-order valence-electron chi connectivity index (χ3n) is 1.77. The van der Waals surface area contributed by atoms with E-state index >= 15 is 0 Å². The molecule has 1 unspecified atom stereocenters. The SMILES string of the molecule is COC(=O)c1ccc(OC(C)C#N)cc1. The third kappa shape index (κ3) is 2.99. The Labute approximate surface area is 88.0 Å². The van der Waals surface area contributed by atoms with Gasteiger partial charge in [0.1, 0.15) is 11.8 Å². The van der Waals surface area contributed by atoms with Crippen LogP contribution in [0.15, 0.2) is 24.3 Å². The Bertz CT molecular complexity index is 378. The van der Waals surface area contributed by atoms with Crippen LogP contribution in [0.1, 0.15) is 17.3 Å². The highest BCUT2D eigenvalue weighted by Crippen LogP contribution is 2.14. The Morgan fingerprint density at radius 2 is 2.00 bits per heavy atom. The van der Waals surface area contributed by atoms with Gasteiger partial charge in [0.15, 0.2) is 6.10 Å². The molecule has 4 nitrogen and oxygen atoms in total. The standard InChI is InChI=1S/C11H11NO3/c1-8(7-12)15-10-5-3-9(4-6-10)11(13)14-2/h3-6,8H,1-2H3. The average Bonchev–Trinajstić information content (AvgIpc) is 2.29. The van der Waals surface area contributed by atoms with Gasteiger partial charge < -0.3 is 9.47 Å². The number of carbonyl (C=O) groups is 1. The number of benzene rings is 1. The maximum absolute atomic E-state index is 11.1. The molecule has 0 heterocycles. The van der Waals surface area contributed by atoms with Crippen LogP contribution in [0.2, 0.25) is 0 Å². The number of carbonyl (C=O) groups excluding carboxylic acids is 1. The molecule has 0 spiro atoms. The molecule has 0 radical (unpaired) electrons. The van der Waals surface area contributed by atoms with Crippen LogP contribution in [0.5, 0.6) is 5.75 Å². The quantitative estimate of drug-likeness (QED) is 0.705. The molecule has 78 valence electrons. The van der Waals surface area contributed by atoms with E-state index in [4.69, 9.17) is 10.00 Å². The molecule has 0 bridgehead atoms. The van der Waals surface area contributed by atoms with Crippen LogP contribution in [-0.2, 0) is 4.74 Å². The maximum atomic E-state index is 11.1. The first-order valence-electron chi connectivity index (χ1n) is 4.42. The van der Waals surface area contributed by atoms with Crippen LogP contribution in [0.3, 0.4) is 0 Å². The minimum Gasteiger partial charge on any atom is -0.476 e. The van der Waals surface area contributed by atoms with Crippen molar-refractivity contribution in [3.8, 4) is 11.8 Å². The highest BCUT2D eigenvalue weighted by Gasteiger charge is 2.06. The zero-order valence-corrected chi connectivity index (χ0v) is 8.56. The van der Waals surface area contributed by atoms with Gasteiger partial charge in [-0.3, -0.25) is 0 Å².